The van der Waals surface area contributed by atoms with Crippen LogP contribution in [0.1, 0.15) is 25.3 Å². The van der Waals surface area contributed by atoms with E-state index in [4.69, 9.17) is 4.74 Å². The normalized spacial score (nSPS) is 19.3. The average molecular weight is 489 g/mol. The van der Waals surface area contributed by atoms with Crippen molar-refractivity contribution in [1.82, 2.24) is 18.8 Å². The number of rotatable bonds is 7. The fourth-order valence-electron chi connectivity index (χ4n) is 3.66. The van der Waals surface area contributed by atoms with E-state index in [1.807, 2.05) is 26.0 Å². The van der Waals surface area contributed by atoms with Crippen molar-refractivity contribution in [2.75, 3.05) is 64.8 Å². The number of benzene rings is 1. The molecule has 3 rings (SSSR count). The number of piperazine rings is 1. The molecule has 0 saturated carbocycles. The van der Waals surface area contributed by atoms with Crippen molar-refractivity contribution in [2.24, 2.45) is 0 Å². The number of amides is 2. The van der Waals surface area contributed by atoms with E-state index in [9.17, 15) is 21.6 Å². The minimum Gasteiger partial charge on any atom is -0.379 e. The summed E-state index contributed by atoms with van der Waals surface area (Å²) in [6.45, 7) is 6.36. The van der Waals surface area contributed by atoms with E-state index in [0.29, 0.717) is 32.2 Å². The number of hydrogen-bond donors (Lipinski definition) is 1. The minimum absolute atomic E-state index is 0.000757. The van der Waals surface area contributed by atoms with Gasteiger partial charge in [-0.25, -0.2) is 21.6 Å². The topological polar surface area (TPSA) is 116 Å². The SMILES string of the molecule is CC(C)c1ccc(S(=O)(=O)N2CCN(C(=O)NCCS(=O)(=O)N3CCOCC3)CC2)cc1. The summed E-state index contributed by atoms with van der Waals surface area (Å²) in [5.41, 5.74) is 1.07. The Labute approximate surface area is 190 Å². The van der Waals surface area contributed by atoms with Gasteiger partial charge in [0, 0.05) is 45.8 Å². The molecule has 0 spiro atoms. The zero-order valence-corrected chi connectivity index (χ0v) is 20.2. The number of sulfonamides is 2. The van der Waals surface area contributed by atoms with Crippen LogP contribution >= 0.6 is 0 Å². The highest BCUT2D eigenvalue weighted by atomic mass is 32.2. The van der Waals surface area contributed by atoms with Crippen LogP contribution in [0.15, 0.2) is 29.2 Å². The first-order valence-electron chi connectivity index (χ1n) is 10.8. The summed E-state index contributed by atoms with van der Waals surface area (Å²) < 4.78 is 58.4. The third-order valence-corrected chi connectivity index (χ3v) is 9.49. The van der Waals surface area contributed by atoms with Gasteiger partial charge < -0.3 is 15.0 Å². The lowest BCUT2D eigenvalue weighted by molar-refractivity contribution is 0.0730. The summed E-state index contributed by atoms with van der Waals surface area (Å²) in [6, 6.07) is 6.51. The molecule has 2 saturated heterocycles. The summed E-state index contributed by atoms with van der Waals surface area (Å²) >= 11 is 0. The molecule has 32 heavy (non-hydrogen) atoms. The first kappa shape index (κ1) is 24.9. The zero-order chi connectivity index (χ0) is 23.4. The monoisotopic (exact) mass is 488 g/mol. The Kier molecular flexibility index (Phi) is 8.15. The smallest absolute Gasteiger partial charge is 0.317 e. The van der Waals surface area contributed by atoms with Crippen molar-refractivity contribution in [3.05, 3.63) is 29.8 Å². The fraction of sp³-hybridized carbons (Fsp3) is 0.650. The molecule has 2 fully saturated rings. The van der Waals surface area contributed by atoms with Gasteiger partial charge in [-0.05, 0) is 23.6 Å². The van der Waals surface area contributed by atoms with Gasteiger partial charge >= 0.3 is 6.03 Å². The molecule has 10 nitrogen and oxygen atoms in total. The van der Waals surface area contributed by atoms with Gasteiger partial charge in [0.05, 0.1) is 23.9 Å². The first-order valence-corrected chi connectivity index (χ1v) is 13.8. The summed E-state index contributed by atoms with van der Waals surface area (Å²) in [7, 11) is -7.07. The average Bonchev–Trinajstić information content (AvgIpc) is 2.79. The van der Waals surface area contributed by atoms with Gasteiger partial charge in [0.25, 0.3) is 0 Å². The van der Waals surface area contributed by atoms with Crippen molar-refractivity contribution in [3.63, 3.8) is 0 Å². The summed E-state index contributed by atoms with van der Waals surface area (Å²) in [5.74, 6) is 0.136. The van der Waals surface area contributed by atoms with Crippen molar-refractivity contribution >= 4 is 26.1 Å². The van der Waals surface area contributed by atoms with E-state index in [-0.39, 0.29) is 49.4 Å². The molecular weight excluding hydrogens is 456 g/mol. The minimum atomic E-state index is -3.62. The summed E-state index contributed by atoms with van der Waals surface area (Å²) in [6.07, 6.45) is 0. The van der Waals surface area contributed by atoms with Crippen molar-refractivity contribution in [2.45, 2.75) is 24.7 Å². The maximum Gasteiger partial charge on any atom is 0.317 e. The van der Waals surface area contributed by atoms with Crippen LogP contribution in [-0.4, -0.2) is 101 Å². The molecule has 180 valence electrons. The van der Waals surface area contributed by atoms with E-state index in [1.165, 1.54) is 13.5 Å². The number of hydrogen-bond acceptors (Lipinski definition) is 6. The van der Waals surface area contributed by atoms with Gasteiger partial charge in [-0.1, -0.05) is 26.0 Å². The number of ether oxygens (including phenoxy) is 1. The van der Waals surface area contributed by atoms with Crippen LogP contribution in [0.4, 0.5) is 4.79 Å². The van der Waals surface area contributed by atoms with Crippen LogP contribution in [0.2, 0.25) is 0 Å². The summed E-state index contributed by atoms with van der Waals surface area (Å²) in [4.78, 5) is 14.2. The van der Waals surface area contributed by atoms with Crippen LogP contribution in [-0.2, 0) is 24.8 Å². The van der Waals surface area contributed by atoms with Crippen LogP contribution in [0.5, 0.6) is 0 Å². The highest BCUT2D eigenvalue weighted by Crippen LogP contribution is 2.21. The predicted molar refractivity (Wildman–Crippen MR) is 120 cm³/mol. The second-order valence-corrected chi connectivity index (χ2v) is 12.2. The number of carbonyl (C=O) groups is 1. The Balaban J connectivity index is 1.47. The molecule has 12 heteroatoms. The van der Waals surface area contributed by atoms with E-state index in [0.717, 1.165) is 5.56 Å². The number of nitrogens with zero attached hydrogens (tertiary/aromatic N) is 3. The molecule has 0 bridgehead atoms. The maximum atomic E-state index is 12.9. The number of urea groups is 1. The molecule has 0 unspecified atom stereocenters. The number of morpholine rings is 1. The van der Waals surface area contributed by atoms with Gasteiger partial charge in [-0.3, -0.25) is 0 Å². The molecule has 0 aromatic heterocycles. The number of carbonyl (C=O) groups excluding carboxylic acids is 1. The molecule has 2 amide bonds. The largest absolute Gasteiger partial charge is 0.379 e. The summed E-state index contributed by atoms with van der Waals surface area (Å²) in [5, 5.41) is 2.63. The van der Waals surface area contributed by atoms with Crippen LogP contribution in [0.25, 0.3) is 0 Å². The lowest BCUT2D eigenvalue weighted by Gasteiger charge is -2.34. The quantitative estimate of drug-likeness (QED) is 0.597. The Hall–Kier alpha value is -1.73. The van der Waals surface area contributed by atoms with Gasteiger partial charge in [-0.2, -0.15) is 8.61 Å². The van der Waals surface area contributed by atoms with Crippen molar-refractivity contribution in [3.8, 4) is 0 Å². The molecule has 1 aromatic carbocycles. The van der Waals surface area contributed by atoms with Gasteiger partial charge in [0.2, 0.25) is 20.0 Å². The van der Waals surface area contributed by atoms with Gasteiger partial charge in [0.15, 0.2) is 0 Å². The third-order valence-electron chi connectivity index (χ3n) is 5.71. The van der Waals surface area contributed by atoms with Crippen LogP contribution in [0, 0.1) is 0 Å². The molecule has 2 heterocycles. The van der Waals surface area contributed by atoms with E-state index < -0.39 is 20.0 Å². The molecule has 1 aromatic rings. The Morgan fingerprint density at radius 3 is 2.09 bits per heavy atom. The zero-order valence-electron chi connectivity index (χ0n) is 18.6. The lowest BCUT2D eigenvalue weighted by Crippen LogP contribution is -2.53. The standard InChI is InChI=1S/C20H32N4O6S2/c1-17(2)18-3-5-19(6-4-18)32(28,29)24-10-8-22(9-11-24)20(25)21-7-16-31(26,27)23-12-14-30-15-13-23/h3-6,17H,7-16H2,1-2H3,(H,21,25). The van der Waals surface area contributed by atoms with Crippen molar-refractivity contribution < 1.29 is 26.4 Å². The van der Waals surface area contributed by atoms with E-state index >= 15 is 0 Å². The lowest BCUT2D eigenvalue weighted by atomic mass is 10.0. The predicted octanol–water partition coefficient (Wildman–Crippen LogP) is 0.488. The van der Waals surface area contributed by atoms with Gasteiger partial charge in [-0.15, -0.1) is 0 Å². The highest BCUT2D eigenvalue weighted by Gasteiger charge is 2.30. The maximum absolute atomic E-state index is 12.9. The van der Waals surface area contributed by atoms with E-state index in [1.54, 1.807) is 12.1 Å². The van der Waals surface area contributed by atoms with E-state index in [2.05, 4.69) is 5.32 Å². The molecule has 0 aliphatic carbocycles. The molecular formula is C20H32N4O6S2. The molecule has 0 radical (unpaired) electrons. The molecule has 1 N–H and O–H groups in total. The third kappa shape index (κ3) is 5.98. The number of nitrogens with one attached hydrogen (secondary N) is 1. The Morgan fingerprint density at radius 2 is 1.53 bits per heavy atom. The van der Waals surface area contributed by atoms with Gasteiger partial charge in [0.1, 0.15) is 0 Å². The fourth-order valence-corrected chi connectivity index (χ4v) is 6.40. The Morgan fingerprint density at radius 1 is 0.938 bits per heavy atom. The molecule has 2 aliphatic heterocycles. The van der Waals surface area contributed by atoms with Crippen LogP contribution < -0.4 is 5.32 Å². The Bertz CT molecular complexity index is 981. The first-order chi connectivity index (χ1) is 15.1. The highest BCUT2D eigenvalue weighted by molar-refractivity contribution is 7.89. The second-order valence-electron chi connectivity index (χ2n) is 8.17. The molecule has 2 aliphatic rings. The molecule has 0 atom stereocenters. The second kappa shape index (κ2) is 10.5. The van der Waals surface area contributed by atoms with Crippen LogP contribution in [0.3, 0.4) is 0 Å². The van der Waals surface area contributed by atoms with Crippen molar-refractivity contribution in [1.29, 1.82) is 0 Å².